The molecule has 0 saturated carbocycles. The van der Waals surface area contributed by atoms with E-state index in [1.807, 2.05) is 45.0 Å². The molecule has 0 aromatic heterocycles. The molecule has 0 aliphatic carbocycles. The minimum absolute atomic E-state index is 0.144. The summed E-state index contributed by atoms with van der Waals surface area (Å²) >= 11 is 0. The number of hydrogen-bond acceptors (Lipinski definition) is 5. The van der Waals surface area contributed by atoms with Gasteiger partial charge in [0.2, 0.25) is 17.7 Å². The summed E-state index contributed by atoms with van der Waals surface area (Å²) in [5, 5.41) is 14.4. The lowest BCUT2D eigenvalue weighted by molar-refractivity contribution is -0.142. The molecular formula is C21H32N4O5. The first-order valence-corrected chi connectivity index (χ1v) is 9.92. The fraction of sp³-hybridized carbons (Fsp3) is 0.524. The number of carbonyl (C=O) groups excluding carboxylic acids is 3. The van der Waals surface area contributed by atoms with E-state index < -0.39 is 41.8 Å². The van der Waals surface area contributed by atoms with E-state index in [0.29, 0.717) is 6.42 Å². The minimum Gasteiger partial charge on any atom is -0.480 e. The second-order valence-corrected chi connectivity index (χ2v) is 7.89. The maximum Gasteiger partial charge on any atom is 0.326 e. The molecule has 0 spiro atoms. The highest BCUT2D eigenvalue weighted by atomic mass is 16.4. The van der Waals surface area contributed by atoms with Gasteiger partial charge in [0.1, 0.15) is 12.1 Å². The van der Waals surface area contributed by atoms with Crippen LogP contribution in [-0.4, -0.2) is 46.9 Å². The van der Waals surface area contributed by atoms with Crippen molar-refractivity contribution in [1.82, 2.24) is 10.6 Å². The van der Waals surface area contributed by atoms with Crippen LogP contribution in [0, 0.1) is 12.8 Å². The van der Waals surface area contributed by atoms with Gasteiger partial charge in [0.15, 0.2) is 0 Å². The summed E-state index contributed by atoms with van der Waals surface area (Å²) in [5.74, 6) is -2.92. The molecule has 0 heterocycles. The number of amides is 3. The second kappa shape index (κ2) is 11.9. The van der Waals surface area contributed by atoms with Gasteiger partial charge in [-0.05, 0) is 31.2 Å². The molecule has 9 heteroatoms. The van der Waals surface area contributed by atoms with E-state index in [9.17, 15) is 24.3 Å². The fourth-order valence-corrected chi connectivity index (χ4v) is 2.99. The molecule has 166 valence electrons. The number of carbonyl (C=O) groups is 4. The van der Waals surface area contributed by atoms with Crippen molar-refractivity contribution >= 4 is 23.7 Å². The van der Waals surface area contributed by atoms with Crippen molar-refractivity contribution in [2.45, 2.75) is 64.6 Å². The molecule has 0 saturated heterocycles. The molecule has 1 aromatic rings. The summed E-state index contributed by atoms with van der Waals surface area (Å²) < 4.78 is 0. The van der Waals surface area contributed by atoms with Crippen LogP contribution in [-0.2, 0) is 25.6 Å². The highest BCUT2D eigenvalue weighted by Crippen LogP contribution is 2.09. The van der Waals surface area contributed by atoms with E-state index in [1.165, 1.54) is 0 Å². The Labute approximate surface area is 176 Å². The van der Waals surface area contributed by atoms with E-state index in [1.54, 1.807) is 0 Å². The molecular weight excluding hydrogens is 388 g/mol. The van der Waals surface area contributed by atoms with Crippen LogP contribution in [0.25, 0.3) is 0 Å². The van der Waals surface area contributed by atoms with Crippen LogP contribution in [0.4, 0.5) is 0 Å². The van der Waals surface area contributed by atoms with E-state index >= 15 is 0 Å². The van der Waals surface area contributed by atoms with Gasteiger partial charge in [0.25, 0.3) is 0 Å². The topological polar surface area (TPSA) is 165 Å². The minimum atomic E-state index is -1.30. The average Bonchev–Trinajstić information content (AvgIpc) is 2.63. The van der Waals surface area contributed by atoms with Gasteiger partial charge in [-0.2, -0.15) is 0 Å². The number of aryl methyl sites for hydroxylation is 1. The van der Waals surface area contributed by atoms with Gasteiger partial charge >= 0.3 is 5.97 Å². The first-order chi connectivity index (χ1) is 14.0. The monoisotopic (exact) mass is 420 g/mol. The molecule has 3 atom stereocenters. The van der Waals surface area contributed by atoms with Gasteiger partial charge in [-0.25, -0.2) is 4.79 Å². The summed E-state index contributed by atoms with van der Waals surface area (Å²) in [6, 6.07) is 4.32. The zero-order chi connectivity index (χ0) is 22.8. The Hall–Kier alpha value is -2.94. The van der Waals surface area contributed by atoms with Crippen LogP contribution in [0.2, 0.25) is 0 Å². The molecule has 0 fully saturated rings. The molecule has 30 heavy (non-hydrogen) atoms. The zero-order valence-electron chi connectivity index (χ0n) is 17.7. The molecule has 0 bridgehead atoms. The van der Waals surface area contributed by atoms with Crippen LogP contribution >= 0.6 is 0 Å². The van der Waals surface area contributed by atoms with Gasteiger partial charge in [0, 0.05) is 12.8 Å². The number of carboxylic acids is 1. The third-order valence-electron chi connectivity index (χ3n) is 4.51. The number of hydrogen-bond donors (Lipinski definition) is 5. The molecule has 0 aliphatic heterocycles. The van der Waals surface area contributed by atoms with Crippen LogP contribution in [0.1, 0.15) is 44.2 Å². The third kappa shape index (κ3) is 9.04. The van der Waals surface area contributed by atoms with Crippen molar-refractivity contribution in [2.75, 3.05) is 0 Å². The van der Waals surface area contributed by atoms with Crippen molar-refractivity contribution in [3.8, 4) is 0 Å². The first-order valence-electron chi connectivity index (χ1n) is 9.92. The van der Waals surface area contributed by atoms with Crippen LogP contribution in [0.3, 0.4) is 0 Å². The van der Waals surface area contributed by atoms with Gasteiger partial charge in [-0.3, -0.25) is 14.4 Å². The number of nitrogens with one attached hydrogen (secondary N) is 2. The van der Waals surface area contributed by atoms with Crippen molar-refractivity contribution in [3.05, 3.63) is 35.4 Å². The quantitative estimate of drug-likeness (QED) is 0.325. The number of aliphatic carboxylic acids is 1. The molecule has 1 aromatic carbocycles. The Morgan fingerprint density at radius 1 is 1.07 bits per heavy atom. The molecule has 3 amide bonds. The van der Waals surface area contributed by atoms with Gasteiger partial charge in [0.05, 0.1) is 6.04 Å². The Kier molecular flexibility index (Phi) is 9.97. The number of rotatable bonds is 12. The average molecular weight is 421 g/mol. The maximum atomic E-state index is 12.8. The van der Waals surface area contributed by atoms with Crippen molar-refractivity contribution in [1.29, 1.82) is 0 Å². The highest BCUT2D eigenvalue weighted by Gasteiger charge is 2.28. The van der Waals surface area contributed by atoms with Crippen LogP contribution in [0.5, 0.6) is 0 Å². The molecule has 9 nitrogen and oxygen atoms in total. The number of carboxylic acid groups (broad SMARTS) is 1. The summed E-state index contributed by atoms with van der Waals surface area (Å²) in [7, 11) is 0. The van der Waals surface area contributed by atoms with Gasteiger partial charge in [-0.15, -0.1) is 0 Å². The normalized spacial score (nSPS) is 13.9. The Morgan fingerprint density at radius 3 is 2.23 bits per heavy atom. The molecule has 0 aliphatic rings. The standard InChI is InChI=1S/C21H32N4O5/c1-12(2)9-15(22)19(27)25-17(11-14-6-4-5-13(3)10-14)20(28)24-16(21(29)30)7-8-18(23)26/h4-6,10,12,15-17H,7-9,11,22H2,1-3H3,(H2,23,26)(H,24,28)(H,25,27)(H,29,30)/t15-,16-,17-/m0/s1. The van der Waals surface area contributed by atoms with E-state index in [-0.39, 0.29) is 25.2 Å². The number of primary amides is 1. The fourth-order valence-electron chi connectivity index (χ4n) is 2.99. The predicted octanol–water partition coefficient (Wildman–Crippen LogP) is 0.231. The lowest BCUT2D eigenvalue weighted by atomic mass is 10.0. The summed E-state index contributed by atoms with van der Waals surface area (Å²) in [6.07, 6.45) is 0.274. The second-order valence-electron chi connectivity index (χ2n) is 7.89. The van der Waals surface area contributed by atoms with Crippen LogP contribution < -0.4 is 22.1 Å². The largest absolute Gasteiger partial charge is 0.480 e. The first kappa shape index (κ1) is 25.1. The lowest BCUT2D eigenvalue weighted by Gasteiger charge is -2.23. The summed E-state index contributed by atoms with van der Waals surface area (Å²) in [5.41, 5.74) is 12.8. The van der Waals surface area contributed by atoms with Crippen molar-refractivity contribution in [3.63, 3.8) is 0 Å². The Bertz CT molecular complexity index is 766. The Balaban J connectivity index is 2.99. The van der Waals surface area contributed by atoms with E-state index in [4.69, 9.17) is 11.5 Å². The summed E-state index contributed by atoms with van der Waals surface area (Å²) in [4.78, 5) is 47.7. The third-order valence-corrected chi connectivity index (χ3v) is 4.51. The summed E-state index contributed by atoms with van der Waals surface area (Å²) in [6.45, 7) is 5.76. The predicted molar refractivity (Wildman–Crippen MR) is 112 cm³/mol. The molecule has 7 N–H and O–H groups in total. The van der Waals surface area contributed by atoms with Crippen LogP contribution in [0.15, 0.2) is 24.3 Å². The molecule has 1 rings (SSSR count). The maximum absolute atomic E-state index is 12.8. The number of benzene rings is 1. The Morgan fingerprint density at radius 2 is 1.70 bits per heavy atom. The van der Waals surface area contributed by atoms with Gasteiger partial charge in [-0.1, -0.05) is 43.7 Å². The molecule has 0 unspecified atom stereocenters. The molecule has 0 radical (unpaired) electrons. The zero-order valence-corrected chi connectivity index (χ0v) is 17.7. The SMILES string of the molecule is Cc1cccc(C[C@H](NC(=O)[C@@H](N)CC(C)C)C(=O)N[C@@H](CCC(N)=O)C(=O)O)c1. The van der Waals surface area contributed by atoms with E-state index in [0.717, 1.165) is 11.1 Å². The number of nitrogens with two attached hydrogens (primary N) is 2. The van der Waals surface area contributed by atoms with Gasteiger partial charge < -0.3 is 27.2 Å². The lowest BCUT2D eigenvalue weighted by Crippen LogP contribution is -2.55. The van der Waals surface area contributed by atoms with E-state index in [2.05, 4.69) is 10.6 Å². The highest BCUT2D eigenvalue weighted by molar-refractivity contribution is 5.92. The van der Waals surface area contributed by atoms with Crippen molar-refractivity contribution < 1.29 is 24.3 Å². The van der Waals surface area contributed by atoms with Crippen molar-refractivity contribution in [2.24, 2.45) is 17.4 Å². The smallest absolute Gasteiger partial charge is 0.326 e.